The lowest BCUT2D eigenvalue weighted by molar-refractivity contribution is -0.158. The second kappa shape index (κ2) is 9.13. The lowest BCUT2D eigenvalue weighted by Gasteiger charge is -2.47. The average Bonchev–Trinajstić information content (AvgIpc) is 3.27. The molecule has 3 heterocycles. The number of aromatic amines is 1. The number of methoxy groups -OCH3 is 1. The van der Waals surface area contributed by atoms with Crippen LogP contribution in [0.5, 0.6) is 5.75 Å². The molecule has 1 fully saturated rings. The van der Waals surface area contributed by atoms with Crippen LogP contribution in [0.25, 0.3) is 10.9 Å². The number of rotatable bonds is 5. The summed E-state index contributed by atoms with van der Waals surface area (Å²) in [5.74, 6) is 0.789. The number of carbonyl (C=O) groups is 2. The van der Waals surface area contributed by atoms with E-state index in [1.165, 1.54) is 0 Å². The second-order valence-electron chi connectivity index (χ2n) is 9.40. The minimum atomic E-state index is -0.530. The van der Waals surface area contributed by atoms with Crippen LogP contribution in [0.15, 0.2) is 77.3 Å². The van der Waals surface area contributed by atoms with Crippen molar-refractivity contribution in [2.45, 2.75) is 24.9 Å². The van der Waals surface area contributed by atoms with Gasteiger partial charge >= 0.3 is 0 Å². The minimum Gasteiger partial charge on any atom is -0.497 e. The van der Waals surface area contributed by atoms with E-state index < -0.39 is 6.04 Å². The summed E-state index contributed by atoms with van der Waals surface area (Å²) in [6.45, 7) is 0.592. The number of hydrogen-bond donors (Lipinski definition) is 1. The van der Waals surface area contributed by atoms with E-state index in [9.17, 15) is 9.59 Å². The van der Waals surface area contributed by atoms with Crippen molar-refractivity contribution in [3.63, 3.8) is 0 Å². The van der Waals surface area contributed by atoms with Gasteiger partial charge in [-0.25, -0.2) is 0 Å². The first-order chi connectivity index (χ1) is 17.5. The van der Waals surface area contributed by atoms with Crippen LogP contribution < -0.4 is 4.74 Å². The molecule has 7 heteroatoms. The van der Waals surface area contributed by atoms with Crippen LogP contribution in [0.2, 0.25) is 0 Å². The molecule has 2 atom stereocenters. The number of halogens is 1. The molecule has 6 rings (SSSR count). The smallest absolute Gasteiger partial charge is 0.246 e. The molecule has 1 saturated heterocycles. The Bertz CT molecular complexity index is 1460. The first-order valence-corrected chi connectivity index (χ1v) is 12.9. The van der Waals surface area contributed by atoms with Crippen molar-refractivity contribution in [2.75, 3.05) is 20.2 Å². The average molecular weight is 544 g/mol. The van der Waals surface area contributed by atoms with E-state index >= 15 is 0 Å². The van der Waals surface area contributed by atoms with E-state index in [0.29, 0.717) is 19.4 Å². The van der Waals surface area contributed by atoms with E-state index in [-0.39, 0.29) is 24.4 Å². The maximum absolute atomic E-state index is 13.8. The van der Waals surface area contributed by atoms with Gasteiger partial charge in [-0.1, -0.05) is 58.4 Å². The molecule has 2 aliphatic heterocycles. The number of para-hydroxylation sites is 1. The number of amides is 2. The molecule has 182 valence electrons. The SMILES string of the molecule is COc1ccc(CCN2CC(=O)N3C(Cc4c([nH]c5ccccc45)C3c3cccc(Br)c3)C2=O)cc1. The molecule has 36 heavy (non-hydrogen) atoms. The Balaban J connectivity index is 1.36. The van der Waals surface area contributed by atoms with Crippen LogP contribution in [0.3, 0.4) is 0 Å². The Morgan fingerprint density at radius 3 is 2.61 bits per heavy atom. The highest BCUT2D eigenvalue weighted by molar-refractivity contribution is 9.10. The van der Waals surface area contributed by atoms with Crippen molar-refractivity contribution in [3.05, 3.63) is 99.7 Å². The second-order valence-corrected chi connectivity index (χ2v) is 10.3. The number of H-pyrrole nitrogens is 1. The van der Waals surface area contributed by atoms with Crippen molar-refractivity contribution < 1.29 is 14.3 Å². The number of benzene rings is 3. The Kier molecular flexibility index (Phi) is 5.80. The summed E-state index contributed by atoms with van der Waals surface area (Å²) in [5.41, 5.74) is 5.23. The fourth-order valence-electron chi connectivity index (χ4n) is 5.59. The van der Waals surface area contributed by atoms with Gasteiger partial charge in [0.2, 0.25) is 11.8 Å². The van der Waals surface area contributed by atoms with Crippen LogP contribution in [-0.4, -0.2) is 52.8 Å². The highest BCUT2D eigenvalue weighted by atomic mass is 79.9. The number of carbonyl (C=O) groups excluding carboxylic acids is 2. The molecular formula is C29H26BrN3O3. The summed E-state index contributed by atoms with van der Waals surface area (Å²) in [6.07, 6.45) is 1.19. The Morgan fingerprint density at radius 1 is 1.03 bits per heavy atom. The van der Waals surface area contributed by atoms with Crippen molar-refractivity contribution >= 4 is 38.6 Å². The molecule has 3 aromatic carbocycles. The van der Waals surface area contributed by atoms with Gasteiger partial charge in [0.05, 0.1) is 19.7 Å². The molecule has 1 aromatic heterocycles. The number of nitrogens with zero attached hydrogens (tertiary/aromatic N) is 2. The van der Waals surface area contributed by atoms with Gasteiger partial charge in [-0.2, -0.15) is 0 Å². The molecule has 2 unspecified atom stereocenters. The number of hydrogen-bond acceptors (Lipinski definition) is 3. The zero-order valence-corrected chi connectivity index (χ0v) is 21.5. The predicted octanol–water partition coefficient (Wildman–Crippen LogP) is 4.87. The van der Waals surface area contributed by atoms with E-state index in [2.05, 4.69) is 33.0 Å². The van der Waals surface area contributed by atoms with E-state index in [1.807, 2.05) is 65.6 Å². The third kappa shape index (κ3) is 3.88. The summed E-state index contributed by atoms with van der Waals surface area (Å²) < 4.78 is 6.18. The van der Waals surface area contributed by atoms with Crippen LogP contribution in [0, 0.1) is 0 Å². The third-order valence-corrected chi connectivity index (χ3v) is 7.83. The highest BCUT2D eigenvalue weighted by Gasteiger charge is 2.48. The van der Waals surface area contributed by atoms with E-state index in [1.54, 1.807) is 12.0 Å². The van der Waals surface area contributed by atoms with Crippen LogP contribution >= 0.6 is 15.9 Å². The molecule has 0 bridgehead atoms. The Hall–Kier alpha value is -3.58. The zero-order valence-electron chi connectivity index (χ0n) is 19.9. The maximum atomic E-state index is 13.8. The molecule has 2 amide bonds. The predicted molar refractivity (Wildman–Crippen MR) is 142 cm³/mol. The first-order valence-electron chi connectivity index (χ1n) is 12.1. The molecular weight excluding hydrogens is 518 g/mol. The third-order valence-electron chi connectivity index (χ3n) is 7.34. The summed E-state index contributed by atoms with van der Waals surface area (Å²) in [5, 5.41) is 1.11. The van der Waals surface area contributed by atoms with Gasteiger partial charge in [0.15, 0.2) is 0 Å². The van der Waals surface area contributed by atoms with Crippen molar-refractivity contribution in [3.8, 4) is 5.75 Å². The van der Waals surface area contributed by atoms with Gasteiger partial charge in [-0.3, -0.25) is 9.59 Å². The Labute approximate surface area is 218 Å². The molecule has 4 aromatic rings. The molecule has 0 saturated carbocycles. The number of fused-ring (bicyclic) bond motifs is 4. The maximum Gasteiger partial charge on any atom is 0.246 e. The summed E-state index contributed by atoms with van der Waals surface area (Å²) in [4.78, 5) is 34.6. The van der Waals surface area contributed by atoms with Crippen molar-refractivity contribution in [1.29, 1.82) is 0 Å². The Morgan fingerprint density at radius 2 is 1.83 bits per heavy atom. The summed E-state index contributed by atoms with van der Waals surface area (Å²) >= 11 is 3.58. The van der Waals surface area contributed by atoms with Gasteiger partial charge in [0.25, 0.3) is 0 Å². The van der Waals surface area contributed by atoms with E-state index in [4.69, 9.17) is 4.74 Å². The molecule has 1 N–H and O–H groups in total. The van der Waals surface area contributed by atoms with Gasteiger partial charge in [-0.15, -0.1) is 0 Å². The summed E-state index contributed by atoms with van der Waals surface area (Å²) in [7, 11) is 1.64. The van der Waals surface area contributed by atoms with Crippen LogP contribution in [-0.2, 0) is 22.4 Å². The van der Waals surface area contributed by atoms with Crippen LogP contribution in [0.1, 0.15) is 28.4 Å². The largest absolute Gasteiger partial charge is 0.497 e. The van der Waals surface area contributed by atoms with E-state index in [0.717, 1.165) is 43.5 Å². The topological polar surface area (TPSA) is 65.6 Å². The standard InChI is InChI=1S/C29H26BrN3O3/c1-36-21-11-9-18(10-12-21)13-14-32-17-26(34)33-25(29(32)35)16-23-22-7-2-3-8-24(22)31-27(23)28(33)19-5-4-6-20(30)15-19/h2-12,15,25,28,31H,13-14,16-17H2,1H3. The molecule has 0 spiro atoms. The first kappa shape index (κ1) is 22.9. The molecule has 6 nitrogen and oxygen atoms in total. The lowest BCUT2D eigenvalue weighted by Crippen LogP contribution is -2.63. The monoisotopic (exact) mass is 543 g/mol. The minimum absolute atomic E-state index is 0.0130. The number of ether oxygens (including phenoxy) is 1. The van der Waals surface area contributed by atoms with Crippen molar-refractivity contribution in [1.82, 2.24) is 14.8 Å². The highest BCUT2D eigenvalue weighted by Crippen LogP contribution is 2.42. The number of piperazine rings is 1. The number of aromatic nitrogens is 1. The fourth-order valence-corrected chi connectivity index (χ4v) is 6.01. The van der Waals surface area contributed by atoms with Crippen molar-refractivity contribution in [2.24, 2.45) is 0 Å². The normalized spacial score (nSPS) is 19.4. The van der Waals surface area contributed by atoms with Gasteiger partial charge in [0.1, 0.15) is 11.8 Å². The molecule has 2 aliphatic rings. The lowest BCUT2D eigenvalue weighted by atomic mass is 9.86. The quantitative estimate of drug-likeness (QED) is 0.390. The number of nitrogens with one attached hydrogen (secondary N) is 1. The summed E-state index contributed by atoms with van der Waals surface area (Å²) in [6, 6.07) is 23.2. The zero-order chi connectivity index (χ0) is 24.8. The molecule has 0 radical (unpaired) electrons. The van der Waals surface area contributed by atoms with Gasteiger partial charge in [0, 0.05) is 34.0 Å². The van der Waals surface area contributed by atoms with Gasteiger partial charge in [-0.05, 0) is 53.4 Å². The fraction of sp³-hybridized carbons (Fsp3) is 0.241. The molecule has 0 aliphatic carbocycles. The van der Waals surface area contributed by atoms with Gasteiger partial charge < -0.3 is 19.5 Å². The van der Waals surface area contributed by atoms with Crippen LogP contribution in [0.4, 0.5) is 0 Å².